The predicted molar refractivity (Wildman–Crippen MR) is 144 cm³/mol. The number of rotatable bonds is 4. The molecular weight excluding hydrogens is 428 g/mol. The zero-order chi connectivity index (χ0) is 23.4. The molecule has 35 heavy (non-hydrogen) atoms. The quantitative estimate of drug-likeness (QED) is 0.269. The molecule has 1 aliphatic heterocycles. The molecule has 1 aliphatic rings. The highest BCUT2D eigenvalue weighted by Crippen LogP contribution is 2.47. The van der Waals surface area contributed by atoms with Crippen LogP contribution in [0.5, 0.6) is 5.75 Å². The highest BCUT2D eigenvalue weighted by atomic mass is 16.5. The largest absolute Gasteiger partial charge is 0.497 e. The summed E-state index contributed by atoms with van der Waals surface area (Å²) in [7, 11) is 1.75. The highest BCUT2D eigenvalue weighted by Gasteiger charge is 2.30. The van der Waals surface area contributed by atoms with Gasteiger partial charge in [0.1, 0.15) is 5.75 Å². The van der Waals surface area contributed by atoms with Gasteiger partial charge in [0.25, 0.3) is 0 Å². The minimum atomic E-state index is 0.828. The standard InChI is InChI=1S/C32H26N2O/c1-35-24-16-17-29-27(20-24)25-18-19-33-28-15-9-8-14-26(28)30(23-12-6-3-7-13-23)32(33)31(25)34(29)21-22-10-4-2-5-11-22/h2-17,20H,18-19,21H2,1H3. The number of ether oxygens (including phenoxy) is 1. The van der Waals surface area contributed by atoms with Gasteiger partial charge in [0.2, 0.25) is 0 Å². The maximum Gasteiger partial charge on any atom is 0.119 e. The fraction of sp³-hybridized carbons (Fsp3) is 0.125. The van der Waals surface area contributed by atoms with Gasteiger partial charge in [-0.05, 0) is 47.4 Å². The van der Waals surface area contributed by atoms with Gasteiger partial charge in [0.15, 0.2) is 0 Å². The molecule has 2 aromatic heterocycles. The summed E-state index contributed by atoms with van der Waals surface area (Å²) < 4.78 is 10.7. The number of hydrogen-bond donors (Lipinski definition) is 0. The van der Waals surface area contributed by atoms with Crippen molar-refractivity contribution < 1.29 is 4.74 Å². The van der Waals surface area contributed by atoms with Crippen molar-refractivity contribution in [3.63, 3.8) is 0 Å². The lowest BCUT2D eigenvalue weighted by Crippen LogP contribution is -2.13. The molecule has 0 radical (unpaired) electrons. The van der Waals surface area contributed by atoms with E-state index < -0.39 is 0 Å². The van der Waals surface area contributed by atoms with Gasteiger partial charge < -0.3 is 13.9 Å². The zero-order valence-electron chi connectivity index (χ0n) is 19.7. The van der Waals surface area contributed by atoms with Gasteiger partial charge in [-0.15, -0.1) is 0 Å². The molecule has 0 N–H and O–H groups in total. The number of aryl methyl sites for hydroxylation is 2. The van der Waals surface area contributed by atoms with E-state index in [1.54, 1.807) is 7.11 Å². The Balaban J connectivity index is 1.61. The minimum absolute atomic E-state index is 0.828. The van der Waals surface area contributed by atoms with E-state index in [-0.39, 0.29) is 0 Å². The summed E-state index contributed by atoms with van der Waals surface area (Å²) in [6.45, 7) is 1.80. The minimum Gasteiger partial charge on any atom is -0.497 e. The summed E-state index contributed by atoms with van der Waals surface area (Å²) in [6, 6.07) is 37.0. The van der Waals surface area contributed by atoms with Crippen LogP contribution in [0, 0.1) is 0 Å². The fourth-order valence-electron chi connectivity index (χ4n) is 5.89. The normalized spacial score (nSPS) is 12.6. The second kappa shape index (κ2) is 7.92. The van der Waals surface area contributed by atoms with Crippen LogP contribution in [0.15, 0.2) is 103 Å². The van der Waals surface area contributed by atoms with E-state index in [0.717, 1.165) is 25.3 Å². The molecule has 0 fully saturated rings. The number of benzene rings is 4. The second-order valence-electron chi connectivity index (χ2n) is 9.29. The summed E-state index contributed by atoms with van der Waals surface area (Å²) in [5.41, 5.74) is 10.5. The van der Waals surface area contributed by atoms with Gasteiger partial charge in [0.05, 0.1) is 18.5 Å². The van der Waals surface area contributed by atoms with Gasteiger partial charge in [-0.3, -0.25) is 0 Å². The van der Waals surface area contributed by atoms with Crippen LogP contribution in [0.25, 0.3) is 44.3 Å². The zero-order valence-corrected chi connectivity index (χ0v) is 19.7. The van der Waals surface area contributed by atoms with E-state index in [1.807, 2.05) is 0 Å². The summed E-state index contributed by atoms with van der Waals surface area (Å²) in [4.78, 5) is 0. The number of nitrogens with zero attached hydrogens (tertiary/aromatic N) is 2. The summed E-state index contributed by atoms with van der Waals surface area (Å²) in [5, 5.41) is 2.61. The average Bonchev–Trinajstić information content (AvgIpc) is 3.42. The number of hydrogen-bond acceptors (Lipinski definition) is 1. The Morgan fingerprint density at radius 1 is 0.714 bits per heavy atom. The van der Waals surface area contributed by atoms with Crippen LogP contribution in [0.4, 0.5) is 0 Å². The molecule has 0 spiro atoms. The van der Waals surface area contributed by atoms with Crippen molar-refractivity contribution in [3.8, 4) is 28.3 Å². The third-order valence-corrected chi connectivity index (χ3v) is 7.40. The molecule has 0 unspecified atom stereocenters. The molecule has 0 saturated carbocycles. The van der Waals surface area contributed by atoms with E-state index in [9.17, 15) is 0 Å². The monoisotopic (exact) mass is 454 g/mol. The van der Waals surface area contributed by atoms with Gasteiger partial charge >= 0.3 is 0 Å². The summed E-state index contributed by atoms with van der Waals surface area (Å²) in [6.07, 6.45) is 1.00. The molecule has 6 aromatic rings. The van der Waals surface area contributed by atoms with Crippen LogP contribution >= 0.6 is 0 Å². The summed E-state index contributed by atoms with van der Waals surface area (Å²) >= 11 is 0. The predicted octanol–water partition coefficient (Wildman–Crippen LogP) is 7.54. The van der Waals surface area contributed by atoms with E-state index in [2.05, 4.69) is 112 Å². The lowest BCUT2D eigenvalue weighted by molar-refractivity contribution is 0.415. The average molecular weight is 455 g/mol. The van der Waals surface area contributed by atoms with Gasteiger partial charge in [-0.25, -0.2) is 0 Å². The van der Waals surface area contributed by atoms with E-state index >= 15 is 0 Å². The molecule has 170 valence electrons. The molecule has 3 heteroatoms. The maximum absolute atomic E-state index is 5.64. The van der Waals surface area contributed by atoms with Crippen LogP contribution in [-0.4, -0.2) is 16.2 Å². The van der Waals surface area contributed by atoms with Crippen LogP contribution in [0.1, 0.15) is 11.1 Å². The van der Waals surface area contributed by atoms with Gasteiger partial charge in [0, 0.05) is 40.5 Å². The Bertz CT molecular complexity index is 1690. The van der Waals surface area contributed by atoms with Crippen molar-refractivity contribution in [1.29, 1.82) is 0 Å². The van der Waals surface area contributed by atoms with Crippen molar-refractivity contribution in [3.05, 3.63) is 114 Å². The third-order valence-electron chi connectivity index (χ3n) is 7.40. The van der Waals surface area contributed by atoms with Crippen LogP contribution in [0.2, 0.25) is 0 Å². The number of fused-ring (bicyclic) bond motifs is 7. The van der Waals surface area contributed by atoms with Crippen LogP contribution < -0.4 is 4.74 Å². The summed E-state index contributed by atoms with van der Waals surface area (Å²) in [5.74, 6) is 0.909. The molecule has 4 aromatic carbocycles. The first-order valence-electron chi connectivity index (χ1n) is 12.2. The Morgan fingerprint density at radius 3 is 2.26 bits per heavy atom. The molecule has 0 aliphatic carbocycles. The van der Waals surface area contributed by atoms with Crippen molar-refractivity contribution >= 4 is 21.8 Å². The first kappa shape index (κ1) is 20.2. The number of methoxy groups -OCH3 is 1. The van der Waals surface area contributed by atoms with Crippen molar-refractivity contribution in [2.24, 2.45) is 0 Å². The lowest BCUT2D eigenvalue weighted by atomic mass is 9.96. The Labute approximate surface area is 204 Å². The van der Waals surface area contributed by atoms with E-state index in [0.29, 0.717) is 0 Å². The SMILES string of the molecule is COc1ccc2c(c1)c1c(n2Cc2ccccc2)-c2c(-c3ccccc3)c3ccccc3n2CC1. The molecule has 3 heterocycles. The number of aromatic nitrogens is 2. The molecule has 0 amide bonds. The Morgan fingerprint density at radius 2 is 1.46 bits per heavy atom. The van der Waals surface area contributed by atoms with E-state index in [1.165, 1.54) is 55.4 Å². The Kier molecular flexibility index (Phi) is 4.56. The lowest BCUT2D eigenvalue weighted by Gasteiger charge is -2.22. The van der Waals surface area contributed by atoms with Crippen molar-refractivity contribution in [2.75, 3.05) is 7.11 Å². The molecule has 3 nitrogen and oxygen atoms in total. The molecule has 0 atom stereocenters. The first-order valence-corrected chi connectivity index (χ1v) is 12.2. The third kappa shape index (κ3) is 3.05. The van der Waals surface area contributed by atoms with Gasteiger partial charge in [-0.2, -0.15) is 0 Å². The molecule has 0 bridgehead atoms. The molecule has 0 saturated heterocycles. The fourth-order valence-corrected chi connectivity index (χ4v) is 5.89. The molecule has 7 rings (SSSR count). The maximum atomic E-state index is 5.64. The van der Waals surface area contributed by atoms with Gasteiger partial charge in [-0.1, -0.05) is 78.9 Å². The molecular formula is C32H26N2O. The number of para-hydroxylation sites is 1. The van der Waals surface area contributed by atoms with Crippen LogP contribution in [0.3, 0.4) is 0 Å². The first-order chi connectivity index (χ1) is 17.3. The van der Waals surface area contributed by atoms with Crippen molar-refractivity contribution in [1.82, 2.24) is 9.13 Å². The van der Waals surface area contributed by atoms with Crippen molar-refractivity contribution in [2.45, 2.75) is 19.5 Å². The Hall–Kier alpha value is -4.24. The van der Waals surface area contributed by atoms with Crippen LogP contribution in [-0.2, 0) is 19.5 Å². The topological polar surface area (TPSA) is 19.1 Å². The highest BCUT2D eigenvalue weighted by molar-refractivity contribution is 6.07. The second-order valence-corrected chi connectivity index (χ2v) is 9.29. The van der Waals surface area contributed by atoms with E-state index in [4.69, 9.17) is 4.74 Å². The smallest absolute Gasteiger partial charge is 0.119 e.